The molecule has 0 aliphatic rings. The smallest absolute Gasteiger partial charge is 0.311 e. The highest BCUT2D eigenvalue weighted by Gasteiger charge is 2.24. The van der Waals surface area contributed by atoms with E-state index in [0.717, 1.165) is 5.56 Å². The number of para-hydroxylation sites is 1. The van der Waals surface area contributed by atoms with Gasteiger partial charge in [-0.3, -0.25) is 9.52 Å². The predicted molar refractivity (Wildman–Crippen MR) is 130 cm³/mol. The maximum atomic E-state index is 13.1. The van der Waals surface area contributed by atoms with Crippen LogP contribution in [0, 0.1) is 0 Å². The zero-order valence-electron chi connectivity index (χ0n) is 17.6. The molecule has 1 heterocycles. The number of hydrogen-bond donors (Lipinski definition) is 2. The number of sulfonamides is 1. The number of nitrogens with one attached hydrogen (secondary N) is 2. The van der Waals surface area contributed by atoms with Crippen molar-refractivity contribution in [3.05, 3.63) is 88.9 Å². The van der Waals surface area contributed by atoms with Gasteiger partial charge in [-0.25, -0.2) is 13.4 Å². The standard InChI is InChI=1S/C23H17Cl2N3O5S/c1-32-18-11-10-15(12-20(18)34(30,31)28-21-16(24)8-5-9-17(21)25)27-22(29)23-26-13-19(33-23)14-6-3-2-4-7-14/h2-13,28H,1H3,(H,27,29). The molecule has 0 aliphatic heterocycles. The van der Waals surface area contributed by atoms with Crippen molar-refractivity contribution in [1.82, 2.24) is 4.98 Å². The average Bonchev–Trinajstić information content (AvgIpc) is 3.33. The number of hydrogen-bond acceptors (Lipinski definition) is 6. The Bertz CT molecular complexity index is 1440. The number of aromatic nitrogens is 1. The lowest BCUT2D eigenvalue weighted by Gasteiger charge is -2.15. The van der Waals surface area contributed by atoms with E-state index in [1.165, 1.54) is 43.6 Å². The van der Waals surface area contributed by atoms with Crippen LogP contribution in [0.4, 0.5) is 11.4 Å². The SMILES string of the molecule is COc1ccc(NC(=O)c2ncc(-c3ccccc3)o2)cc1S(=O)(=O)Nc1c(Cl)cccc1Cl. The molecule has 0 bridgehead atoms. The van der Waals surface area contributed by atoms with Crippen LogP contribution in [-0.2, 0) is 10.0 Å². The summed E-state index contributed by atoms with van der Waals surface area (Å²) < 4.78 is 39.3. The third kappa shape index (κ3) is 5.01. The van der Waals surface area contributed by atoms with Crippen LogP contribution in [0.15, 0.2) is 82.2 Å². The van der Waals surface area contributed by atoms with E-state index in [2.05, 4.69) is 15.0 Å². The maximum Gasteiger partial charge on any atom is 0.311 e. The molecule has 0 radical (unpaired) electrons. The van der Waals surface area contributed by atoms with Gasteiger partial charge in [0.05, 0.1) is 29.0 Å². The fourth-order valence-corrected chi connectivity index (χ4v) is 4.95. The number of rotatable bonds is 7. The van der Waals surface area contributed by atoms with Crippen LogP contribution < -0.4 is 14.8 Å². The summed E-state index contributed by atoms with van der Waals surface area (Å²) in [6, 6.07) is 17.9. The third-order valence-electron chi connectivity index (χ3n) is 4.67. The molecule has 0 saturated heterocycles. The van der Waals surface area contributed by atoms with E-state index in [9.17, 15) is 13.2 Å². The molecular weight excluding hydrogens is 501 g/mol. The van der Waals surface area contributed by atoms with Gasteiger partial charge in [0, 0.05) is 11.3 Å². The van der Waals surface area contributed by atoms with Gasteiger partial charge in [-0.2, -0.15) is 0 Å². The van der Waals surface area contributed by atoms with Crippen molar-refractivity contribution in [2.75, 3.05) is 17.1 Å². The molecule has 0 aliphatic carbocycles. The molecule has 2 N–H and O–H groups in total. The van der Waals surface area contributed by atoms with Crippen molar-refractivity contribution < 1.29 is 22.4 Å². The van der Waals surface area contributed by atoms with Crippen LogP contribution in [0.1, 0.15) is 10.7 Å². The molecule has 0 saturated carbocycles. The summed E-state index contributed by atoms with van der Waals surface area (Å²) in [5, 5.41) is 2.82. The van der Waals surface area contributed by atoms with Crippen molar-refractivity contribution in [3.8, 4) is 17.1 Å². The van der Waals surface area contributed by atoms with Crippen LogP contribution in [0.5, 0.6) is 5.75 Å². The van der Waals surface area contributed by atoms with Crippen LogP contribution in [-0.4, -0.2) is 26.4 Å². The van der Waals surface area contributed by atoms with Crippen molar-refractivity contribution in [2.45, 2.75) is 4.90 Å². The first-order chi connectivity index (χ1) is 16.3. The monoisotopic (exact) mass is 517 g/mol. The van der Waals surface area contributed by atoms with E-state index in [1.807, 2.05) is 30.3 Å². The Kier molecular flexibility index (Phi) is 6.78. The molecule has 0 unspecified atom stereocenters. The minimum atomic E-state index is -4.19. The zero-order valence-corrected chi connectivity index (χ0v) is 19.9. The molecule has 1 amide bonds. The molecule has 0 atom stereocenters. The van der Waals surface area contributed by atoms with E-state index in [4.69, 9.17) is 32.4 Å². The fourth-order valence-electron chi connectivity index (χ4n) is 3.05. The summed E-state index contributed by atoms with van der Waals surface area (Å²) in [6.07, 6.45) is 1.44. The minimum absolute atomic E-state index is 0.0237. The second kappa shape index (κ2) is 9.76. The molecule has 4 aromatic rings. The minimum Gasteiger partial charge on any atom is -0.495 e. The molecular formula is C23H17Cl2N3O5S. The van der Waals surface area contributed by atoms with E-state index in [0.29, 0.717) is 5.76 Å². The number of methoxy groups -OCH3 is 1. The Hall–Kier alpha value is -3.53. The summed E-state index contributed by atoms with van der Waals surface area (Å²) in [6.45, 7) is 0. The topological polar surface area (TPSA) is 111 Å². The second-order valence-corrected chi connectivity index (χ2v) is 9.38. The lowest BCUT2D eigenvalue weighted by molar-refractivity contribution is 0.0991. The fraction of sp³-hybridized carbons (Fsp3) is 0.0435. The van der Waals surface area contributed by atoms with Crippen molar-refractivity contribution in [3.63, 3.8) is 0 Å². The van der Waals surface area contributed by atoms with Crippen molar-refractivity contribution in [2.24, 2.45) is 0 Å². The Morgan fingerprint density at radius 3 is 2.38 bits per heavy atom. The van der Waals surface area contributed by atoms with Gasteiger partial charge in [0.1, 0.15) is 10.6 Å². The van der Waals surface area contributed by atoms with Crippen LogP contribution in [0.3, 0.4) is 0 Å². The lowest BCUT2D eigenvalue weighted by atomic mass is 10.2. The Labute approximate surface area is 205 Å². The molecule has 174 valence electrons. The van der Waals surface area contributed by atoms with E-state index in [-0.39, 0.29) is 38.0 Å². The Balaban J connectivity index is 1.60. The normalized spacial score (nSPS) is 11.1. The molecule has 3 aromatic carbocycles. The quantitative estimate of drug-likeness (QED) is 0.324. The predicted octanol–water partition coefficient (Wildman–Crippen LogP) is 5.71. The van der Waals surface area contributed by atoms with Crippen molar-refractivity contribution >= 4 is 50.5 Å². The number of amides is 1. The molecule has 0 spiro atoms. The van der Waals surface area contributed by atoms with E-state index >= 15 is 0 Å². The maximum absolute atomic E-state index is 13.1. The third-order valence-corrected chi connectivity index (χ3v) is 6.67. The number of halogens is 2. The van der Waals surface area contributed by atoms with Gasteiger partial charge < -0.3 is 14.5 Å². The largest absolute Gasteiger partial charge is 0.495 e. The molecule has 4 rings (SSSR count). The van der Waals surface area contributed by atoms with Gasteiger partial charge in [-0.1, -0.05) is 59.6 Å². The molecule has 11 heteroatoms. The second-order valence-electron chi connectivity index (χ2n) is 6.92. The van der Waals surface area contributed by atoms with Crippen LogP contribution in [0.25, 0.3) is 11.3 Å². The van der Waals surface area contributed by atoms with Crippen molar-refractivity contribution in [1.29, 1.82) is 0 Å². The van der Waals surface area contributed by atoms with E-state index < -0.39 is 15.9 Å². The summed E-state index contributed by atoms with van der Waals surface area (Å²) in [5.74, 6) is -0.362. The molecule has 34 heavy (non-hydrogen) atoms. The van der Waals surface area contributed by atoms with Gasteiger partial charge >= 0.3 is 5.91 Å². The Morgan fingerprint density at radius 1 is 1.00 bits per heavy atom. The number of benzene rings is 3. The number of anilines is 2. The summed E-state index contributed by atoms with van der Waals surface area (Å²) in [5.41, 5.74) is 0.961. The van der Waals surface area contributed by atoms with Gasteiger partial charge in [-0.05, 0) is 30.3 Å². The number of oxazole rings is 1. The highest BCUT2D eigenvalue weighted by Crippen LogP contribution is 2.34. The number of ether oxygens (including phenoxy) is 1. The average molecular weight is 518 g/mol. The van der Waals surface area contributed by atoms with Gasteiger partial charge in [0.15, 0.2) is 5.76 Å². The zero-order chi connectivity index (χ0) is 24.3. The van der Waals surface area contributed by atoms with Crippen LogP contribution in [0.2, 0.25) is 10.0 Å². The number of carbonyl (C=O) groups excluding carboxylic acids is 1. The summed E-state index contributed by atoms with van der Waals surface area (Å²) in [7, 11) is -2.86. The highest BCUT2D eigenvalue weighted by molar-refractivity contribution is 7.92. The van der Waals surface area contributed by atoms with E-state index in [1.54, 1.807) is 6.07 Å². The summed E-state index contributed by atoms with van der Waals surface area (Å²) in [4.78, 5) is 16.4. The summed E-state index contributed by atoms with van der Waals surface area (Å²) >= 11 is 12.2. The first-order valence-corrected chi connectivity index (χ1v) is 12.0. The molecule has 1 aromatic heterocycles. The van der Waals surface area contributed by atoms with Gasteiger partial charge in [-0.15, -0.1) is 0 Å². The number of carbonyl (C=O) groups is 1. The van der Waals surface area contributed by atoms with Gasteiger partial charge in [0.2, 0.25) is 0 Å². The number of nitrogens with zero attached hydrogens (tertiary/aromatic N) is 1. The van der Waals surface area contributed by atoms with Gasteiger partial charge in [0.25, 0.3) is 15.9 Å². The highest BCUT2D eigenvalue weighted by atomic mass is 35.5. The van der Waals surface area contributed by atoms with Crippen LogP contribution >= 0.6 is 23.2 Å². The Morgan fingerprint density at radius 2 is 1.71 bits per heavy atom. The first kappa shape index (κ1) is 23.6. The molecule has 8 nitrogen and oxygen atoms in total. The first-order valence-electron chi connectivity index (χ1n) is 9.76. The lowest BCUT2D eigenvalue weighted by Crippen LogP contribution is -2.16. The molecule has 0 fully saturated rings.